The summed E-state index contributed by atoms with van der Waals surface area (Å²) in [7, 11) is 0. The van der Waals surface area contributed by atoms with Crippen LogP contribution in [0.4, 0.5) is 8.78 Å². The molecule has 0 aromatic heterocycles. The lowest BCUT2D eigenvalue weighted by atomic mass is 9.79. The van der Waals surface area contributed by atoms with E-state index in [1.807, 2.05) is 0 Å². The van der Waals surface area contributed by atoms with Gasteiger partial charge in [-0.2, -0.15) is 0 Å². The second-order valence-electron chi connectivity index (χ2n) is 5.40. The smallest absolute Gasteiger partial charge is 0.335 e. The zero-order valence-corrected chi connectivity index (χ0v) is 11.5. The maximum Gasteiger partial charge on any atom is 0.335 e. The topological polar surface area (TPSA) is 26.3 Å². The fourth-order valence-corrected chi connectivity index (χ4v) is 2.65. The zero-order valence-electron chi connectivity index (χ0n) is 11.5. The molecule has 108 valence electrons. The fraction of sp³-hybridized carbons (Fsp3) is 0.438. The quantitative estimate of drug-likeness (QED) is 0.467. The molecule has 1 fully saturated rings. The van der Waals surface area contributed by atoms with Crippen molar-refractivity contribution >= 4 is 5.97 Å². The third-order valence-electron chi connectivity index (χ3n) is 3.88. The summed E-state index contributed by atoms with van der Waals surface area (Å²) >= 11 is 0. The van der Waals surface area contributed by atoms with Crippen molar-refractivity contribution in [3.8, 4) is 5.75 Å². The lowest BCUT2D eigenvalue weighted by Crippen LogP contribution is -2.12. The molecule has 0 N–H and O–H groups in total. The van der Waals surface area contributed by atoms with Crippen LogP contribution in [0.3, 0.4) is 0 Å². The highest BCUT2D eigenvalue weighted by atomic mass is 19.1. The second kappa shape index (κ2) is 6.16. The summed E-state index contributed by atoms with van der Waals surface area (Å²) in [6.45, 7) is 5.38. The molecule has 1 aromatic carbocycles. The molecule has 1 aliphatic carbocycles. The number of hydrogen-bond donors (Lipinski definition) is 0. The molecule has 1 saturated carbocycles. The van der Waals surface area contributed by atoms with Crippen molar-refractivity contribution in [3.05, 3.63) is 42.0 Å². The predicted octanol–water partition coefficient (Wildman–Crippen LogP) is 4.35. The van der Waals surface area contributed by atoms with E-state index in [4.69, 9.17) is 0 Å². The highest BCUT2D eigenvalue weighted by Crippen LogP contribution is 2.37. The molecule has 4 heteroatoms. The molecule has 2 nitrogen and oxygen atoms in total. The molecule has 2 rings (SSSR count). The van der Waals surface area contributed by atoms with Crippen LogP contribution in [0.15, 0.2) is 24.8 Å². The van der Waals surface area contributed by atoms with E-state index in [2.05, 4.69) is 18.2 Å². The Morgan fingerprint density at radius 3 is 2.30 bits per heavy atom. The first-order chi connectivity index (χ1) is 9.51. The molecule has 0 heterocycles. The van der Waals surface area contributed by atoms with Crippen molar-refractivity contribution in [2.45, 2.75) is 38.5 Å². The summed E-state index contributed by atoms with van der Waals surface area (Å²) in [5.74, 6) is -2.35. The molecule has 0 amide bonds. The number of carbonyl (C=O) groups excluding carboxylic acids is 1. The minimum absolute atomic E-state index is 0.180. The van der Waals surface area contributed by atoms with Crippen LogP contribution in [-0.4, -0.2) is 5.97 Å². The average Bonchev–Trinajstić information content (AvgIpc) is 2.43. The van der Waals surface area contributed by atoms with Gasteiger partial charge in [-0.05, 0) is 42.4 Å². The molecule has 1 aliphatic rings. The van der Waals surface area contributed by atoms with Gasteiger partial charge >= 0.3 is 5.97 Å². The van der Waals surface area contributed by atoms with E-state index in [1.165, 1.54) is 12.1 Å². The van der Waals surface area contributed by atoms with E-state index < -0.39 is 23.4 Å². The van der Waals surface area contributed by atoms with Crippen LogP contribution in [0.25, 0.3) is 0 Å². The SMILES string of the molecule is C=CC(=O)Oc1c(F)cc(C2CCC(C)CC2)cc1F. The predicted molar refractivity (Wildman–Crippen MR) is 72.6 cm³/mol. The van der Waals surface area contributed by atoms with Crippen LogP contribution < -0.4 is 4.74 Å². The van der Waals surface area contributed by atoms with E-state index in [1.54, 1.807) is 0 Å². The Kier molecular flexibility index (Phi) is 4.53. The van der Waals surface area contributed by atoms with Gasteiger partial charge in [-0.15, -0.1) is 0 Å². The van der Waals surface area contributed by atoms with Gasteiger partial charge < -0.3 is 4.74 Å². The van der Waals surface area contributed by atoms with Gasteiger partial charge in [0.15, 0.2) is 11.6 Å². The molecular formula is C16H18F2O2. The van der Waals surface area contributed by atoms with Crippen LogP contribution in [0, 0.1) is 17.6 Å². The van der Waals surface area contributed by atoms with Crippen molar-refractivity contribution < 1.29 is 18.3 Å². The first kappa shape index (κ1) is 14.7. The van der Waals surface area contributed by atoms with Crippen molar-refractivity contribution in [2.24, 2.45) is 5.92 Å². The van der Waals surface area contributed by atoms with Gasteiger partial charge in [0, 0.05) is 6.08 Å². The highest BCUT2D eigenvalue weighted by Gasteiger charge is 2.23. The summed E-state index contributed by atoms with van der Waals surface area (Å²) < 4.78 is 32.4. The fourth-order valence-electron chi connectivity index (χ4n) is 2.65. The minimum atomic E-state index is -0.873. The number of benzene rings is 1. The normalized spacial score (nSPS) is 22.4. The Balaban J connectivity index is 2.21. The van der Waals surface area contributed by atoms with E-state index in [0.29, 0.717) is 11.5 Å². The summed E-state index contributed by atoms with van der Waals surface area (Å²) in [6, 6.07) is 2.55. The number of hydrogen-bond acceptors (Lipinski definition) is 2. The van der Waals surface area contributed by atoms with Crippen LogP contribution in [0.5, 0.6) is 5.75 Å². The molecule has 0 spiro atoms. The number of esters is 1. The average molecular weight is 280 g/mol. The van der Waals surface area contributed by atoms with Gasteiger partial charge in [-0.1, -0.05) is 26.3 Å². The Morgan fingerprint density at radius 2 is 1.80 bits per heavy atom. The lowest BCUT2D eigenvalue weighted by molar-refractivity contribution is -0.129. The first-order valence-corrected chi connectivity index (χ1v) is 6.84. The highest BCUT2D eigenvalue weighted by molar-refractivity contribution is 5.83. The first-order valence-electron chi connectivity index (χ1n) is 6.84. The molecule has 0 aliphatic heterocycles. The van der Waals surface area contributed by atoms with Gasteiger partial charge in [0.25, 0.3) is 0 Å². The number of rotatable bonds is 3. The van der Waals surface area contributed by atoms with Gasteiger partial charge in [0.05, 0.1) is 0 Å². The zero-order chi connectivity index (χ0) is 14.7. The van der Waals surface area contributed by atoms with E-state index in [0.717, 1.165) is 31.8 Å². The molecule has 0 atom stereocenters. The largest absolute Gasteiger partial charge is 0.417 e. The van der Waals surface area contributed by atoms with Crippen molar-refractivity contribution in [2.75, 3.05) is 0 Å². The molecule has 0 radical (unpaired) electrons. The van der Waals surface area contributed by atoms with E-state index in [9.17, 15) is 13.6 Å². The van der Waals surface area contributed by atoms with Gasteiger partial charge in [-0.25, -0.2) is 13.6 Å². The maximum atomic E-state index is 13.9. The summed E-state index contributed by atoms with van der Waals surface area (Å²) in [5, 5.41) is 0. The van der Waals surface area contributed by atoms with Crippen molar-refractivity contribution in [3.63, 3.8) is 0 Å². The Morgan fingerprint density at radius 1 is 1.25 bits per heavy atom. The number of ether oxygens (including phenoxy) is 1. The number of halogens is 2. The lowest BCUT2D eigenvalue weighted by Gasteiger charge is -2.26. The Hall–Kier alpha value is -1.71. The Bertz CT molecular complexity index is 494. The minimum Gasteiger partial charge on any atom is -0.417 e. The third kappa shape index (κ3) is 3.24. The van der Waals surface area contributed by atoms with E-state index in [-0.39, 0.29) is 5.92 Å². The molecule has 0 unspecified atom stereocenters. The van der Waals surface area contributed by atoms with Gasteiger partial charge in [0.1, 0.15) is 0 Å². The molecule has 0 saturated heterocycles. The summed E-state index contributed by atoms with van der Waals surface area (Å²) in [4.78, 5) is 11.0. The molecule has 20 heavy (non-hydrogen) atoms. The monoisotopic (exact) mass is 280 g/mol. The maximum absolute atomic E-state index is 13.9. The molecule has 0 bridgehead atoms. The van der Waals surface area contributed by atoms with Crippen LogP contribution in [0.2, 0.25) is 0 Å². The van der Waals surface area contributed by atoms with Crippen molar-refractivity contribution in [1.29, 1.82) is 0 Å². The van der Waals surface area contributed by atoms with Gasteiger partial charge in [0.2, 0.25) is 5.75 Å². The molecule has 1 aromatic rings. The van der Waals surface area contributed by atoms with E-state index >= 15 is 0 Å². The molecular weight excluding hydrogens is 262 g/mol. The Labute approximate surface area is 117 Å². The van der Waals surface area contributed by atoms with Crippen LogP contribution in [0.1, 0.15) is 44.1 Å². The van der Waals surface area contributed by atoms with Gasteiger partial charge in [-0.3, -0.25) is 0 Å². The van der Waals surface area contributed by atoms with Crippen LogP contribution in [-0.2, 0) is 4.79 Å². The standard InChI is InChI=1S/C16H18F2O2/c1-3-15(19)20-16-13(17)8-12(9-14(16)18)11-6-4-10(2)5-7-11/h3,8-11H,1,4-7H2,2H3. The summed E-state index contributed by atoms with van der Waals surface area (Å²) in [5.41, 5.74) is 0.644. The van der Waals surface area contributed by atoms with Crippen LogP contribution >= 0.6 is 0 Å². The summed E-state index contributed by atoms with van der Waals surface area (Å²) in [6.07, 6.45) is 4.88. The van der Waals surface area contributed by atoms with Crippen molar-refractivity contribution in [1.82, 2.24) is 0 Å². The number of carbonyl (C=O) groups is 1. The second-order valence-corrected chi connectivity index (χ2v) is 5.40. The third-order valence-corrected chi connectivity index (χ3v) is 3.88.